The average molecular weight is 444 g/mol. The number of nitriles is 1. The molecule has 168 valence electrons. The molecule has 2 fully saturated rings. The second-order valence-electron chi connectivity index (χ2n) is 8.47. The van der Waals surface area contributed by atoms with Gasteiger partial charge in [0.1, 0.15) is 5.69 Å². The number of carbonyl (C=O) groups is 1. The highest BCUT2D eigenvalue weighted by molar-refractivity contribution is 5.92. The van der Waals surface area contributed by atoms with Gasteiger partial charge in [-0.05, 0) is 48.6 Å². The van der Waals surface area contributed by atoms with Crippen LogP contribution in [0.2, 0.25) is 0 Å². The Labute approximate surface area is 183 Å². The lowest BCUT2D eigenvalue weighted by atomic mass is 9.71. The van der Waals surface area contributed by atoms with Crippen LogP contribution in [0.1, 0.15) is 34.5 Å². The number of carbonyl (C=O) groups excluding carboxylic acids is 1. The van der Waals surface area contributed by atoms with Gasteiger partial charge in [-0.2, -0.15) is 18.4 Å². The van der Waals surface area contributed by atoms with Crippen LogP contribution in [-0.4, -0.2) is 53.7 Å². The van der Waals surface area contributed by atoms with E-state index in [4.69, 9.17) is 5.26 Å². The molecule has 0 bridgehead atoms. The Balaban J connectivity index is 1.50. The smallest absolute Gasteiger partial charge is 0.396 e. The molecule has 2 saturated heterocycles. The second-order valence-corrected chi connectivity index (χ2v) is 8.47. The fraction of sp³-hybridized carbons (Fsp3) is 0.435. The van der Waals surface area contributed by atoms with Crippen molar-refractivity contribution < 1.29 is 23.1 Å². The van der Waals surface area contributed by atoms with E-state index in [0.717, 1.165) is 6.07 Å². The van der Waals surface area contributed by atoms with Crippen molar-refractivity contribution in [3.8, 4) is 6.07 Å². The lowest BCUT2D eigenvalue weighted by Gasteiger charge is -2.43. The molecule has 2 aliphatic heterocycles. The standard InChI is InChI=1S/C23H23F3N4O2/c24-23(25,26)19-11-18(5-4-16(19)12-27)29-9-6-22(7-10-29)15-30(13-17(22)14-31)21(32)20-3-1-2-8-28-20/h1-5,8,11,17,31H,6-7,9-10,13-15H2. The van der Waals surface area contributed by atoms with E-state index in [-0.39, 0.29) is 23.8 Å². The van der Waals surface area contributed by atoms with Crippen molar-refractivity contribution in [3.05, 3.63) is 59.4 Å². The van der Waals surface area contributed by atoms with Gasteiger partial charge >= 0.3 is 6.18 Å². The number of halogens is 3. The number of pyridine rings is 1. The van der Waals surface area contributed by atoms with Crippen LogP contribution in [0.3, 0.4) is 0 Å². The molecule has 2 aromatic rings. The number of hydrogen-bond acceptors (Lipinski definition) is 5. The maximum Gasteiger partial charge on any atom is 0.417 e. The van der Waals surface area contributed by atoms with Crippen molar-refractivity contribution in [1.29, 1.82) is 5.26 Å². The fourth-order valence-electron chi connectivity index (χ4n) is 4.93. The summed E-state index contributed by atoms with van der Waals surface area (Å²) in [5.41, 5.74) is -0.828. The topological polar surface area (TPSA) is 80.5 Å². The SMILES string of the molecule is N#Cc1ccc(N2CCC3(CC2)CN(C(=O)c2ccccn2)CC3CO)cc1C(F)(F)F. The van der Waals surface area contributed by atoms with Gasteiger partial charge in [-0.1, -0.05) is 6.07 Å². The van der Waals surface area contributed by atoms with Crippen molar-refractivity contribution in [1.82, 2.24) is 9.88 Å². The largest absolute Gasteiger partial charge is 0.417 e. The van der Waals surface area contributed by atoms with E-state index in [0.29, 0.717) is 50.4 Å². The Morgan fingerprint density at radius 2 is 2.00 bits per heavy atom. The van der Waals surface area contributed by atoms with E-state index in [1.165, 1.54) is 6.07 Å². The molecule has 6 nitrogen and oxygen atoms in total. The van der Waals surface area contributed by atoms with Crippen molar-refractivity contribution >= 4 is 11.6 Å². The number of piperidine rings is 1. The molecule has 2 aliphatic rings. The molecule has 1 spiro atoms. The Morgan fingerprint density at radius 3 is 2.59 bits per heavy atom. The predicted molar refractivity (Wildman–Crippen MR) is 111 cm³/mol. The summed E-state index contributed by atoms with van der Waals surface area (Å²) in [7, 11) is 0. The molecule has 0 saturated carbocycles. The lowest BCUT2D eigenvalue weighted by Crippen LogP contribution is -2.45. The number of anilines is 1. The molecular formula is C23H23F3N4O2. The fourth-order valence-corrected chi connectivity index (χ4v) is 4.93. The summed E-state index contributed by atoms with van der Waals surface area (Å²) in [6.07, 6.45) is -1.75. The summed E-state index contributed by atoms with van der Waals surface area (Å²) in [6, 6.07) is 10.5. The van der Waals surface area contributed by atoms with Gasteiger partial charge in [0.25, 0.3) is 5.91 Å². The lowest BCUT2D eigenvalue weighted by molar-refractivity contribution is -0.137. The molecule has 32 heavy (non-hydrogen) atoms. The minimum Gasteiger partial charge on any atom is -0.396 e. The first-order valence-electron chi connectivity index (χ1n) is 10.4. The first-order valence-corrected chi connectivity index (χ1v) is 10.4. The first kappa shape index (κ1) is 22.1. The van der Waals surface area contributed by atoms with Gasteiger partial charge in [0.05, 0.1) is 17.2 Å². The summed E-state index contributed by atoms with van der Waals surface area (Å²) >= 11 is 0. The van der Waals surface area contributed by atoms with Gasteiger partial charge in [0, 0.05) is 50.6 Å². The van der Waals surface area contributed by atoms with Crippen LogP contribution in [-0.2, 0) is 6.18 Å². The van der Waals surface area contributed by atoms with Crippen molar-refractivity contribution in [2.75, 3.05) is 37.7 Å². The summed E-state index contributed by atoms with van der Waals surface area (Å²) < 4.78 is 40.0. The van der Waals surface area contributed by atoms with Crippen LogP contribution in [0.4, 0.5) is 18.9 Å². The molecule has 1 unspecified atom stereocenters. The number of hydrogen-bond donors (Lipinski definition) is 1. The zero-order valence-electron chi connectivity index (χ0n) is 17.3. The zero-order valence-corrected chi connectivity index (χ0v) is 17.3. The van der Waals surface area contributed by atoms with Gasteiger partial charge in [0.2, 0.25) is 0 Å². The van der Waals surface area contributed by atoms with Gasteiger partial charge < -0.3 is 14.9 Å². The highest BCUT2D eigenvalue weighted by Crippen LogP contribution is 2.46. The summed E-state index contributed by atoms with van der Waals surface area (Å²) in [5, 5.41) is 19.0. The molecule has 4 rings (SSSR count). The maximum atomic E-state index is 13.3. The molecule has 3 heterocycles. The molecule has 1 aromatic heterocycles. The molecule has 1 N–H and O–H groups in total. The summed E-state index contributed by atoms with van der Waals surface area (Å²) in [5.74, 6) is -0.269. The van der Waals surface area contributed by atoms with E-state index in [2.05, 4.69) is 4.98 Å². The molecule has 0 aliphatic carbocycles. The number of aromatic nitrogens is 1. The van der Waals surface area contributed by atoms with Crippen LogP contribution in [0.5, 0.6) is 0 Å². The maximum absolute atomic E-state index is 13.3. The number of nitrogens with zero attached hydrogens (tertiary/aromatic N) is 4. The van der Waals surface area contributed by atoms with Crippen LogP contribution in [0, 0.1) is 22.7 Å². The van der Waals surface area contributed by atoms with E-state index in [1.54, 1.807) is 41.4 Å². The number of benzene rings is 1. The highest BCUT2D eigenvalue weighted by Gasteiger charge is 2.49. The van der Waals surface area contributed by atoms with E-state index in [1.807, 2.05) is 4.90 Å². The molecular weight excluding hydrogens is 421 g/mol. The molecule has 9 heteroatoms. The van der Waals surface area contributed by atoms with Gasteiger partial charge in [0.15, 0.2) is 0 Å². The number of aliphatic hydroxyl groups is 1. The third kappa shape index (κ3) is 4.02. The van der Waals surface area contributed by atoms with Crippen molar-refractivity contribution in [3.63, 3.8) is 0 Å². The minimum absolute atomic E-state index is 0.0545. The Kier molecular flexibility index (Phi) is 5.82. The van der Waals surface area contributed by atoms with E-state index in [9.17, 15) is 23.1 Å². The number of likely N-dealkylation sites (tertiary alicyclic amines) is 1. The third-order valence-corrected chi connectivity index (χ3v) is 6.76. The molecule has 1 amide bonds. The Morgan fingerprint density at radius 1 is 1.25 bits per heavy atom. The minimum atomic E-state index is -4.60. The Hall–Kier alpha value is -3.12. The zero-order chi connectivity index (χ0) is 22.9. The molecule has 0 radical (unpaired) electrons. The third-order valence-electron chi connectivity index (χ3n) is 6.76. The Bertz CT molecular complexity index is 1030. The van der Waals surface area contributed by atoms with Crippen LogP contribution in [0.25, 0.3) is 0 Å². The number of alkyl halides is 3. The highest BCUT2D eigenvalue weighted by atomic mass is 19.4. The van der Waals surface area contributed by atoms with Crippen LogP contribution >= 0.6 is 0 Å². The molecule has 1 aromatic carbocycles. The monoisotopic (exact) mass is 444 g/mol. The summed E-state index contributed by atoms with van der Waals surface area (Å²) in [6.45, 7) is 1.88. The van der Waals surface area contributed by atoms with Crippen molar-refractivity contribution in [2.45, 2.75) is 19.0 Å². The van der Waals surface area contributed by atoms with Crippen LogP contribution < -0.4 is 4.90 Å². The predicted octanol–water partition coefficient (Wildman–Crippen LogP) is 3.32. The number of aliphatic hydroxyl groups excluding tert-OH is 1. The van der Waals surface area contributed by atoms with Gasteiger partial charge in [-0.15, -0.1) is 0 Å². The van der Waals surface area contributed by atoms with Gasteiger partial charge in [-0.25, -0.2) is 0 Å². The quantitative estimate of drug-likeness (QED) is 0.786. The van der Waals surface area contributed by atoms with Crippen LogP contribution in [0.15, 0.2) is 42.6 Å². The summed E-state index contributed by atoms with van der Waals surface area (Å²) in [4.78, 5) is 20.6. The van der Waals surface area contributed by atoms with Crippen molar-refractivity contribution in [2.24, 2.45) is 11.3 Å². The normalized spacial score (nSPS) is 20.4. The van der Waals surface area contributed by atoms with Gasteiger partial charge in [-0.3, -0.25) is 9.78 Å². The molecule has 1 atom stereocenters. The average Bonchev–Trinajstić information content (AvgIpc) is 3.16. The number of rotatable bonds is 3. The van der Waals surface area contributed by atoms with E-state index < -0.39 is 17.3 Å². The first-order chi connectivity index (χ1) is 15.3. The number of amides is 1. The van der Waals surface area contributed by atoms with E-state index >= 15 is 0 Å². The second kappa shape index (κ2) is 8.43.